The fourth-order valence-corrected chi connectivity index (χ4v) is 2.56. The lowest BCUT2D eigenvalue weighted by Crippen LogP contribution is -2.20. The summed E-state index contributed by atoms with van der Waals surface area (Å²) < 4.78 is 15.7. The summed E-state index contributed by atoms with van der Waals surface area (Å²) in [5.74, 6) is 1.47. The highest BCUT2D eigenvalue weighted by atomic mass is 16.5. The van der Waals surface area contributed by atoms with Crippen LogP contribution >= 0.6 is 0 Å². The van der Waals surface area contributed by atoms with Crippen molar-refractivity contribution < 1.29 is 19.0 Å². The number of hydrogen-bond acceptors (Lipinski definition) is 4. The molecule has 0 unspecified atom stereocenters. The minimum Gasteiger partial charge on any atom is -0.496 e. The minimum atomic E-state index is -0.344. The van der Waals surface area contributed by atoms with Crippen LogP contribution in [0.5, 0.6) is 11.5 Å². The molecule has 0 heterocycles. The second-order valence-electron chi connectivity index (χ2n) is 5.03. The Morgan fingerprint density at radius 1 is 1.21 bits per heavy atom. The Kier molecular flexibility index (Phi) is 3.69. The van der Waals surface area contributed by atoms with E-state index in [-0.39, 0.29) is 11.4 Å². The molecule has 2 rings (SSSR count). The van der Waals surface area contributed by atoms with Crippen LogP contribution in [0.15, 0.2) is 12.1 Å². The van der Waals surface area contributed by atoms with Gasteiger partial charge in [0, 0.05) is 5.56 Å². The lowest BCUT2D eigenvalue weighted by atomic mass is 9.94. The highest BCUT2D eigenvalue weighted by Gasteiger charge is 2.51. The maximum Gasteiger partial charge on any atom is 0.312 e. The molecule has 0 atom stereocenters. The van der Waals surface area contributed by atoms with Crippen LogP contribution in [0.1, 0.15) is 24.0 Å². The molecule has 0 aromatic heterocycles. The number of rotatable bonds is 5. The number of carbonyl (C=O) groups is 1. The molecule has 0 saturated heterocycles. The summed E-state index contributed by atoms with van der Waals surface area (Å²) in [6, 6.07) is 3.88. The molecule has 0 amide bonds. The quantitative estimate of drug-likeness (QED) is 0.766. The lowest BCUT2D eigenvalue weighted by Gasteiger charge is -2.18. The van der Waals surface area contributed by atoms with Crippen molar-refractivity contribution in [3.63, 3.8) is 0 Å². The van der Waals surface area contributed by atoms with Crippen molar-refractivity contribution in [3.05, 3.63) is 23.3 Å². The summed E-state index contributed by atoms with van der Waals surface area (Å²) in [5, 5.41) is 0. The number of benzene rings is 1. The zero-order valence-corrected chi connectivity index (χ0v) is 11.9. The van der Waals surface area contributed by atoms with Crippen LogP contribution in [0.2, 0.25) is 0 Å². The summed E-state index contributed by atoms with van der Waals surface area (Å²) in [7, 11) is 4.72. The molecule has 1 aromatic rings. The van der Waals surface area contributed by atoms with E-state index in [2.05, 4.69) is 0 Å². The summed E-state index contributed by atoms with van der Waals surface area (Å²) in [6.45, 7) is 1.96. The topological polar surface area (TPSA) is 44.8 Å². The Bertz CT molecular complexity index is 489. The van der Waals surface area contributed by atoms with E-state index < -0.39 is 0 Å². The maximum atomic E-state index is 11.8. The van der Waals surface area contributed by atoms with Gasteiger partial charge in [-0.05, 0) is 37.8 Å². The molecule has 0 bridgehead atoms. The molecule has 1 aliphatic carbocycles. The van der Waals surface area contributed by atoms with E-state index in [0.717, 1.165) is 35.5 Å². The Morgan fingerprint density at radius 3 is 2.37 bits per heavy atom. The molecule has 104 valence electrons. The van der Waals surface area contributed by atoms with Crippen molar-refractivity contribution in [2.24, 2.45) is 5.41 Å². The van der Waals surface area contributed by atoms with Crippen LogP contribution in [-0.4, -0.2) is 27.3 Å². The normalized spacial score (nSPS) is 15.8. The molecule has 19 heavy (non-hydrogen) atoms. The third-order valence-electron chi connectivity index (χ3n) is 3.86. The summed E-state index contributed by atoms with van der Waals surface area (Å²) in [6.07, 6.45) is 2.43. The highest BCUT2D eigenvalue weighted by molar-refractivity contribution is 5.80. The standard InChI is InChI=1S/C15H20O4/c1-10-12(17-2)6-5-11(13(10)18-3)9-15(7-8-15)14(16)19-4/h5-6H,7-9H2,1-4H3. The Balaban J connectivity index is 2.31. The fraction of sp³-hybridized carbons (Fsp3) is 0.533. The van der Waals surface area contributed by atoms with Gasteiger partial charge in [-0.15, -0.1) is 0 Å². The Hall–Kier alpha value is -1.71. The van der Waals surface area contributed by atoms with Gasteiger partial charge in [0.1, 0.15) is 11.5 Å². The van der Waals surface area contributed by atoms with Gasteiger partial charge < -0.3 is 14.2 Å². The van der Waals surface area contributed by atoms with Gasteiger partial charge in [0.05, 0.1) is 26.7 Å². The van der Waals surface area contributed by atoms with Crippen LogP contribution < -0.4 is 9.47 Å². The predicted molar refractivity (Wildman–Crippen MR) is 71.7 cm³/mol. The third-order valence-corrected chi connectivity index (χ3v) is 3.86. The van der Waals surface area contributed by atoms with Gasteiger partial charge in [0.15, 0.2) is 0 Å². The van der Waals surface area contributed by atoms with Crippen LogP contribution in [0.4, 0.5) is 0 Å². The SMILES string of the molecule is COC(=O)C1(Cc2ccc(OC)c(C)c2OC)CC1. The number of esters is 1. The summed E-state index contributed by atoms with van der Waals surface area (Å²) >= 11 is 0. The fourth-order valence-electron chi connectivity index (χ4n) is 2.56. The number of ether oxygens (including phenoxy) is 3. The van der Waals surface area contributed by atoms with E-state index in [1.165, 1.54) is 7.11 Å². The number of methoxy groups -OCH3 is 3. The van der Waals surface area contributed by atoms with Crippen molar-refractivity contribution >= 4 is 5.97 Å². The second kappa shape index (κ2) is 5.11. The first-order chi connectivity index (χ1) is 9.07. The minimum absolute atomic E-state index is 0.122. The molecule has 1 aromatic carbocycles. The molecule has 4 heteroatoms. The van der Waals surface area contributed by atoms with E-state index in [1.54, 1.807) is 14.2 Å². The van der Waals surface area contributed by atoms with E-state index in [9.17, 15) is 4.79 Å². The van der Waals surface area contributed by atoms with Gasteiger partial charge in [-0.2, -0.15) is 0 Å². The van der Waals surface area contributed by atoms with Gasteiger partial charge in [-0.25, -0.2) is 0 Å². The average molecular weight is 264 g/mol. The van der Waals surface area contributed by atoms with Gasteiger partial charge in [0.25, 0.3) is 0 Å². The van der Waals surface area contributed by atoms with Crippen molar-refractivity contribution in [1.29, 1.82) is 0 Å². The van der Waals surface area contributed by atoms with E-state index >= 15 is 0 Å². The maximum absolute atomic E-state index is 11.8. The first-order valence-corrected chi connectivity index (χ1v) is 6.37. The first kappa shape index (κ1) is 13.7. The lowest BCUT2D eigenvalue weighted by molar-refractivity contribution is -0.147. The molecular formula is C15H20O4. The van der Waals surface area contributed by atoms with Crippen molar-refractivity contribution in [1.82, 2.24) is 0 Å². The summed E-state index contributed by atoms with van der Waals surface area (Å²) in [5.41, 5.74) is 1.65. The van der Waals surface area contributed by atoms with E-state index in [4.69, 9.17) is 14.2 Å². The monoisotopic (exact) mass is 264 g/mol. The van der Waals surface area contributed by atoms with Crippen LogP contribution in [0.3, 0.4) is 0 Å². The molecule has 1 saturated carbocycles. The number of hydrogen-bond donors (Lipinski definition) is 0. The van der Waals surface area contributed by atoms with Crippen molar-refractivity contribution in [3.8, 4) is 11.5 Å². The third kappa shape index (κ3) is 2.39. The summed E-state index contributed by atoms with van der Waals surface area (Å²) in [4.78, 5) is 11.8. The molecule has 1 fully saturated rings. The molecule has 0 radical (unpaired) electrons. The van der Waals surface area contributed by atoms with Gasteiger partial charge >= 0.3 is 5.97 Å². The van der Waals surface area contributed by atoms with Crippen LogP contribution in [0.25, 0.3) is 0 Å². The Morgan fingerprint density at radius 2 is 1.89 bits per heavy atom. The van der Waals surface area contributed by atoms with Gasteiger partial charge in [-0.1, -0.05) is 6.07 Å². The molecule has 0 spiro atoms. The van der Waals surface area contributed by atoms with Crippen molar-refractivity contribution in [2.45, 2.75) is 26.2 Å². The zero-order chi connectivity index (χ0) is 14.0. The number of carbonyl (C=O) groups excluding carboxylic acids is 1. The van der Waals surface area contributed by atoms with Gasteiger partial charge in [0.2, 0.25) is 0 Å². The molecule has 0 aliphatic heterocycles. The van der Waals surface area contributed by atoms with Crippen LogP contribution in [0, 0.1) is 12.3 Å². The van der Waals surface area contributed by atoms with Gasteiger partial charge in [-0.3, -0.25) is 4.79 Å². The average Bonchev–Trinajstić information content (AvgIpc) is 3.19. The smallest absolute Gasteiger partial charge is 0.312 e. The van der Waals surface area contributed by atoms with Crippen molar-refractivity contribution in [2.75, 3.05) is 21.3 Å². The van der Waals surface area contributed by atoms with Crippen LogP contribution in [-0.2, 0) is 16.0 Å². The van der Waals surface area contributed by atoms with E-state index in [1.807, 2.05) is 19.1 Å². The molecule has 0 N–H and O–H groups in total. The molecular weight excluding hydrogens is 244 g/mol. The Labute approximate surface area is 113 Å². The second-order valence-corrected chi connectivity index (χ2v) is 5.03. The largest absolute Gasteiger partial charge is 0.496 e. The van der Waals surface area contributed by atoms with E-state index in [0.29, 0.717) is 6.42 Å². The first-order valence-electron chi connectivity index (χ1n) is 6.37. The highest BCUT2D eigenvalue weighted by Crippen LogP contribution is 2.51. The molecule has 1 aliphatic rings. The zero-order valence-electron chi connectivity index (χ0n) is 11.9. The molecule has 4 nitrogen and oxygen atoms in total. The predicted octanol–water partition coefficient (Wildman–Crippen LogP) is 2.51.